The van der Waals surface area contributed by atoms with Crippen LogP contribution in [0.5, 0.6) is 0 Å². The first kappa shape index (κ1) is 17.7. The van der Waals surface area contributed by atoms with Crippen molar-refractivity contribution in [2.75, 3.05) is 11.1 Å². The number of amides is 1. The van der Waals surface area contributed by atoms with E-state index in [1.54, 1.807) is 6.20 Å². The van der Waals surface area contributed by atoms with E-state index in [0.717, 1.165) is 52.7 Å². The average Bonchev–Trinajstić information content (AvgIpc) is 3.03. The number of thiazole rings is 1. The maximum Gasteiger partial charge on any atom is 0.411 e. The normalized spacial score (nSPS) is 15.0. The zero-order valence-corrected chi connectivity index (χ0v) is 16.0. The van der Waals surface area contributed by atoms with Crippen molar-refractivity contribution < 1.29 is 9.53 Å². The molecule has 3 N–H and O–H groups in total. The largest absolute Gasteiger partial charge is 0.446 e. The Morgan fingerprint density at radius 2 is 2.04 bits per heavy atom. The van der Waals surface area contributed by atoms with E-state index in [2.05, 4.69) is 15.3 Å². The van der Waals surface area contributed by atoms with Crippen molar-refractivity contribution in [2.45, 2.75) is 45.1 Å². The summed E-state index contributed by atoms with van der Waals surface area (Å²) >= 11 is 1.45. The number of nitrogen functional groups attached to an aromatic ring is 1. The molecule has 0 atom stereocenters. The fourth-order valence-corrected chi connectivity index (χ4v) is 4.19. The zero-order valence-electron chi connectivity index (χ0n) is 15.2. The molecular weight excluding hydrogens is 360 g/mol. The summed E-state index contributed by atoms with van der Waals surface area (Å²) in [5.74, 6) is 0. The Hall–Kier alpha value is -2.67. The molecule has 1 saturated carbocycles. The van der Waals surface area contributed by atoms with Crippen LogP contribution in [0.25, 0.3) is 21.3 Å². The summed E-state index contributed by atoms with van der Waals surface area (Å²) in [6, 6.07) is 7.90. The number of pyridine rings is 1. The van der Waals surface area contributed by atoms with Gasteiger partial charge in [-0.15, -0.1) is 0 Å². The molecule has 6 nitrogen and oxygen atoms in total. The Kier molecular flexibility index (Phi) is 4.94. The topological polar surface area (TPSA) is 90.1 Å². The number of anilines is 2. The third kappa shape index (κ3) is 4.03. The molecule has 0 spiro atoms. The summed E-state index contributed by atoms with van der Waals surface area (Å²) in [6.45, 7) is 1.87. The second-order valence-corrected chi connectivity index (χ2v) is 7.94. The molecule has 1 amide bonds. The van der Waals surface area contributed by atoms with Crippen molar-refractivity contribution in [3.05, 3.63) is 36.2 Å². The van der Waals surface area contributed by atoms with Crippen LogP contribution in [-0.4, -0.2) is 22.2 Å². The Labute approximate surface area is 161 Å². The van der Waals surface area contributed by atoms with Gasteiger partial charge >= 0.3 is 6.09 Å². The Bertz CT molecular complexity index is 979. The molecule has 1 aliphatic carbocycles. The van der Waals surface area contributed by atoms with Crippen molar-refractivity contribution >= 4 is 38.5 Å². The second kappa shape index (κ2) is 7.52. The molecule has 2 aromatic heterocycles. The minimum Gasteiger partial charge on any atom is -0.446 e. The molecule has 0 aliphatic heterocycles. The molecule has 1 fully saturated rings. The predicted molar refractivity (Wildman–Crippen MR) is 109 cm³/mol. The summed E-state index contributed by atoms with van der Waals surface area (Å²) < 4.78 is 6.58. The van der Waals surface area contributed by atoms with E-state index in [1.807, 2.05) is 31.2 Å². The van der Waals surface area contributed by atoms with E-state index in [0.29, 0.717) is 10.8 Å². The minimum atomic E-state index is -0.408. The highest BCUT2D eigenvalue weighted by molar-refractivity contribution is 7.22. The van der Waals surface area contributed by atoms with E-state index >= 15 is 0 Å². The molecular formula is C20H22N4O2S. The number of carbonyl (C=O) groups excluding carboxylic acids is 1. The number of hydrogen-bond acceptors (Lipinski definition) is 6. The van der Waals surface area contributed by atoms with Crippen LogP contribution in [0.15, 0.2) is 30.5 Å². The maximum atomic E-state index is 12.3. The first-order chi connectivity index (χ1) is 13.1. The molecule has 2 heterocycles. The summed E-state index contributed by atoms with van der Waals surface area (Å²) in [4.78, 5) is 21.0. The van der Waals surface area contributed by atoms with E-state index in [1.165, 1.54) is 17.8 Å². The number of nitrogens with two attached hydrogens (primary N) is 1. The third-order valence-electron chi connectivity index (χ3n) is 4.89. The lowest BCUT2D eigenvalue weighted by atomic mass is 9.98. The van der Waals surface area contributed by atoms with Gasteiger partial charge in [0.05, 0.1) is 21.6 Å². The van der Waals surface area contributed by atoms with Crippen molar-refractivity contribution in [3.63, 3.8) is 0 Å². The Morgan fingerprint density at radius 1 is 1.22 bits per heavy atom. The van der Waals surface area contributed by atoms with Gasteiger partial charge < -0.3 is 10.5 Å². The first-order valence-electron chi connectivity index (χ1n) is 9.19. The standard InChI is InChI=1S/C20H22N4O2S/c1-12-17(24-20(25)26-15-5-3-2-4-6-15)9-14(11-22-12)13-7-8-16-18(10-13)27-19(21)23-16/h7-11,15H,2-6H2,1H3,(H2,21,23)(H,24,25). The molecule has 0 saturated heterocycles. The van der Waals surface area contributed by atoms with E-state index in [-0.39, 0.29) is 6.10 Å². The third-order valence-corrected chi connectivity index (χ3v) is 5.74. The van der Waals surface area contributed by atoms with Crippen molar-refractivity contribution in [1.29, 1.82) is 0 Å². The van der Waals surface area contributed by atoms with Crippen LogP contribution in [0.1, 0.15) is 37.8 Å². The molecule has 0 bridgehead atoms. The van der Waals surface area contributed by atoms with Gasteiger partial charge in [-0.25, -0.2) is 9.78 Å². The molecule has 140 valence electrons. The van der Waals surface area contributed by atoms with Crippen LogP contribution in [0, 0.1) is 6.92 Å². The molecule has 7 heteroatoms. The average molecular weight is 382 g/mol. The Balaban J connectivity index is 1.53. The van der Waals surface area contributed by atoms with Crippen molar-refractivity contribution in [3.8, 4) is 11.1 Å². The van der Waals surface area contributed by atoms with E-state index in [4.69, 9.17) is 10.5 Å². The summed E-state index contributed by atoms with van der Waals surface area (Å²) in [5.41, 5.74) is 10.0. The molecule has 1 aliphatic rings. The molecule has 4 rings (SSSR count). The van der Waals surface area contributed by atoms with Gasteiger partial charge in [0.25, 0.3) is 0 Å². The van der Waals surface area contributed by atoms with Gasteiger partial charge in [0.2, 0.25) is 0 Å². The Morgan fingerprint density at radius 3 is 2.85 bits per heavy atom. The number of rotatable bonds is 3. The molecule has 0 unspecified atom stereocenters. The number of fused-ring (bicyclic) bond motifs is 1. The van der Waals surface area contributed by atoms with Crippen molar-refractivity contribution in [2.24, 2.45) is 0 Å². The zero-order chi connectivity index (χ0) is 18.8. The molecule has 3 aromatic rings. The van der Waals surface area contributed by atoms with Crippen LogP contribution in [0.4, 0.5) is 15.6 Å². The lowest BCUT2D eigenvalue weighted by molar-refractivity contribution is 0.0865. The number of carbonyl (C=O) groups is 1. The lowest BCUT2D eigenvalue weighted by Gasteiger charge is -2.22. The highest BCUT2D eigenvalue weighted by Crippen LogP contribution is 2.30. The summed E-state index contributed by atoms with van der Waals surface area (Å²) in [6.07, 6.45) is 6.78. The van der Waals surface area contributed by atoms with Crippen LogP contribution in [0.3, 0.4) is 0 Å². The number of aromatic nitrogens is 2. The highest BCUT2D eigenvalue weighted by Gasteiger charge is 2.18. The van der Waals surface area contributed by atoms with Crippen LogP contribution in [-0.2, 0) is 4.74 Å². The number of nitrogens with one attached hydrogen (secondary N) is 1. The van der Waals surface area contributed by atoms with Crippen LogP contribution in [0.2, 0.25) is 0 Å². The number of benzene rings is 1. The lowest BCUT2D eigenvalue weighted by Crippen LogP contribution is -2.24. The second-order valence-electron chi connectivity index (χ2n) is 6.88. The fraction of sp³-hybridized carbons (Fsp3) is 0.350. The maximum absolute atomic E-state index is 12.3. The number of nitrogens with zero attached hydrogens (tertiary/aromatic N) is 2. The molecule has 1 aromatic carbocycles. The van der Waals surface area contributed by atoms with E-state index in [9.17, 15) is 4.79 Å². The smallest absolute Gasteiger partial charge is 0.411 e. The van der Waals surface area contributed by atoms with Gasteiger partial charge in [-0.2, -0.15) is 0 Å². The number of hydrogen-bond donors (Lipinski definition) is 2. The van der Waals surface area contributed by atoms with Crippen LogP contribution >= 0.6 is 11.3 Å². The monoisotopic (exact) mass is 382 g/mol. The SMILES string of the molecule is Cc1ncc(-c2ccc3nc(N)sc3c2)cc1NC(=O)OC1CCCCC1. The van der Waals surface area contributed by atoms with Gasteiger partial charge in [0.15, 0.2) is 5.13 Å². The predicted octanol–water partition coefficient (Wildman–Crippen LogP) is 5.13. The summed E-state index contributed by atoms with van der Waals surface area (Å²) in [5, 5.41) is 3.41. The number of ether oxygens (including phenoxy) is 1. The quantitative estimate of drug-likeness (QED) is 0.655. The van der Waals surface area contributed by atoms with Crippen molar-refractivity contribution in [1.82, 2.24) is 9.97 Å². The van der Waals surface area contributed by atoms with Gasteiger partial charge in [0, 0.05) is 11.8 Å². The fourth-order valence-electron chi connectivity index (χ4n) is 3.41. The number of aryl methyl sites for hydroxylation is 1. The van der Waals surface area contributed by atoms with Gasteiger partial charge in [-0.1, -0.05) is 23.8 Å². The van der Waals surface area contributed by atoms with Gasteiger partial charge in [0.1, 0.15) is 6.10 Å². The van der Waals surface area contributed by atoms with Gasteiger partial charge in [-0.3, -0.25) is 10.3 Å². The van der Waals surface area contributed by atoms with E-state index < -0.39 is 6.09 Å². The summed E-state index contributed by atoms with van der Waals surface area (Å²) in [7, 11) is 0. The molecule has 0 radical (unpaired) electrons. The first-order valence-corrected chi connectivity index (χ1v) is 10.0. The molecule has 27 heavy (non-hydrogen) atoms. The highest BCUT2D eigenvalue weighted by atomic mass is 32.1. The van der Waals surface area contributed by atoms with Crippen LogP contribution < -0.4 is 11.1 Å². The van der Waals surface area contributed by atoms with Gasteiger partial charge in [-0.05, 0) is 56.4 Å². The minimum absolute atomic E-state index is 0.0226.